The summed E-state index contributed by atoms with van der Waals surface area (Å²) in [5.74, 6) is 1.28. The molecule has 56 valence electrons. The number of carbonyl (C=O) groups is 1. The molecule has 0 aromatic rings. The maximum Gasteiger partial charge on any atom is 0.158 e. The van der Waals surface area contributed by atoms with E-state index in [0.29, 0.717) is 5.92 Å². The van der Waals surface area contributed by atoms with Crippen LogP contribution in [-0.4, -0.2) is 5.78 Å². The number of carbonyl (C=O) groups excluding carboxylic acids is 1. The van der Waals surface area contributed by atoms with E-state index in [2.05, 4.69) is 13.5 Å². The monoisotopic (exact) mass is 138 g/mol. The van der Waals surface area contributed by atoms with Crippen molar-refractivity contribution >= 4 is 5.78 Å². The molecule has 1 aliphatic carbocycles. The van der Waals surface area contributed by atoms with Crippen molar-refractivity contribution in [1.29, 1.82) is 0 Å². The van der Waals surface area contributed by atoms with Gasteiger partial charge in [-0.25, -0.2) is 0 Å². The Morgan fingerprint density at radius 1 is 1.60 bits per heavy atom. The first-order valence-electron chi connectivity index (χ1n) is 3.90. The minimum Gasteiger partial charge on any atom is -0.295 e. The van der Waals surface area contributed by atoms with Gasteiger partial charge in [-0.1, -0.05) is 13.5 Å². The number of hydrogen-bond acceptors (Lipinski definition) is 1. The van der Waals surface area contributed by atoms with E-state index < -0.39 is 0 Å². The average Bonchev–Trinajstić information content (AvgIpc) is 2.34. The summed E-state index contributed by atoms with van der Waals surface area (Å²) < 4.78 is 0. The highest BCUT2D eigenvalue weighted by Crippen LogP contribution is 2.30. The second-order valence-corrected chi connectivity index (χ2v) is 3.22. The SMILES string of the molecule is C=CC(=O)C1CCC(C)C1. The molecule has 0 spiro atoms. The Labute approximate surface area is 62.1 Å². The van der Waals surface area contributed by atoms with Crippen LogP contribution in [-0.2, 0) is 4.79 Å². The zero-order chi connectivity index (χ0) is 7.56. The van der Waals surface area contributed by atoms with Crippen LogP contribution < -0.4 is 0 Å². The lowest BCUT2D eigenvalue weighted by molar-refractivity contribution is -0.118. The minimum absolute atomic E-state index is 0.240. The standard InChI is InChI=1S/C9H14O/c1-3-9(10)8-5-4-7(2)6-8/h3,7-8H,1,4-6H2,2H3. The summed E-state index contributed by atoms with van der Waals surface area (Å²) in [6, 6.07) is 0. The molecule has 2 atom stereocenters. The molecule has 1 heteroatoms. The van der Waals surface area contributed by atoms with Crippen molar-refractivity contribution in [2.75, 3.05) is 0 Å². The minimum atomic E-state index is 0.240. The fourth-order valence-electron chi connectivity index (χ4n) is 1.63. The molecule has 1 rings (SSSR count). The number of allylic oxidation sites excluding steroid dienone is 1. The van der Waals surface area contributed by atoms with E-state index in [0.717, 1.165) is 18.8 Å². The molecule has 0 bridgehead atoms. The molecule has 1 nitrogen and oxygen atoms in total. The quantitative estimate of drug-likeness (QED) is 0.534. The number of rotatable bonds is 2. The van der Waals surface area contributed by atoms with Gasteiger partial charge in [0.15, 0.2) is 5.78 Å². The van der Waals surface area contributed by atoms with E-state index in [1.54, 1.807) is 0 Å². The maximum absolute atomic E-state index is 11.0. The molecule has 0 aromatic carbocycles. The second-order valence-electron chi connectivity index (χ2n) is 3.22. The van der Waals surface area contributed by atoms with E-state index in [9.17, 15) is 4.79 Å². The van der Waals surface area contributed by atoms with Gasteiger partial charge in [0.25, 0.3) is 0 Å². The predicted octanol–water partition coefficient (Wildman–Crippen LogP) is 2.18. The molecule has 1 aliphatic rings. The molecule has 0 heterocycles. The molecular weight excluding hydrogens is 124 g/mol. The Bertz CT molecular complexity index is 149. The van der Waals surface area contributed by atoms with Gasteiger partial charge >= 0.3 is 0 Å². The highest BCUT2D eigenvalue weighted by molar-refractivity contribution is 5.91. The third kappa shape index (κ3) is 1.47. The van der Waals surface area contributed by atoms with E-state index in [1.807, 2.05) is 0 Å². The first-order valence-corrected chi connectivity index (χ1v) is 3.90. The van der Waals surface area contributed by atoms with Gasteiger partial charge in [0.05, 0.1) is 0 Å². The van der Waals surface area contributed by atoms with Crippen LogP contribution in [0.15, 0.2) is 12.7 Å². The number of ketones is 1. The van der Waals surface area contributed by atoms with Crippen molar-refractivity contribution in [3.8, 4) is 0 Å². The number of hydrogen-bond donors (Lipinski definition) is 0. The molecule has 0 aliphatic heterocycles. The molecule has 2 unspecified atom stereocenters. The summed E-state index contributed by atoms with van der Waals surface area (Å²) in [6.45, 7) is 5.69. The lowest BCUT2D eigenvalue weighted by Crippen LogP contribution is -2.06. The van der Waals surface area contributed by atoms with Crippen LogP contribution in [0.4, 0.5) is 0 Å². The van der Waals surface area contributed by atoms with Gasteiger partial charge in [0.1, 0.15) is 0 Å². The van der Waals surface area contributed by atoms with E-state index in [4.69, 9.17) is 0 Å². The van der Waals surface area contributed by atoms with Crippen molar-refractivity contribution in [3.63, 3.8) is 0 Å². The highest BCUT2D eigenvalue weighted by atomic mass is 16.1. The molecule has 1 fully saturated rings. The zero-order valence-electron chi connectivity index (χ0n) is 6.47. The van der Waals surface area contributed by atoms with Crippen molar-refractivity contribution in [1.82, 2.24) is 0 Å². The molecule has 0 amide bonds. The summed E-state index contributed by atoms with van der Waals surface area (Å²) in [6.07, 6.45) is 4.82. The van der Waals surface area contributed by atoms with Crippen molar-refractivity contribution < 1.29 is 4.79 Å². The summed E-state index contributed by atoms with van der Waals surface area (Å²) in [5, 5.41) is 0. The largest absolute Gasteiger partial charge is 0.295 e. The van der Waals surface area contributed by atoms with Gasteiger partial charge in [0.2, 0.25) is 0 Å². The van der Waals surface area contributed by atoms with Gasteiger partial charge in [-0.3, -0.25) is 4.79 Å². The third-order valence-electron chi connectivity index (χ3n) is 2.30. The van der Waals surface area contributed by atoms with E-state index in [-0.39, 0.29) is 5.78 Å². The molecule has 1 saturated carbocycles. The molecule has 0 radical (unpaired) electrons. The summed E-state index contributed by atoms with van der Waals surface area (Å²) in [4.78, 5) is 11.0. The molecule has 0 saturated heterocycles. The normalized spacial score (nSPS) is 32.1. The van der Waals surface area contributed by atoms with Crippen LogP contribution in [0, 0.1) is 11.8 Å². The first kappa shape index (κ1) is 7.52. The summed E-state index contributed by atoms with van der Waals surface area (Å²) >= 11 is 0. The van der Waals surface area contributed by atoms with Gasteiger partial charge < -0.3 is 0 Å². The van der Waals surface area contributed by atoms with Crippen LogP contribution in [0.1, 0.15) is 26.2 Å². The smallest absolute Gasteiger partial charge is 0.158 e. The molecule has 0 N–H and O–H groups in total. The van der Waals surface area contributed by atoms with Crippen molar-refractivity contribution in [3.05, 3.63) is 12.7 Å². The topological polar surface area (TPSA) is 17.1 Å². The van der Waals surface area contributed by atoms with Gasteiger partial charge in [-0.15, -0.1) is 0 Å². The predicted molar refractivity (Wildman–Crippen MR) is 41.7 cm³/mol. The zero-order valence-corrected chi connectivity index (χ0v) is 6.47. The Morgan fingerprint density at radius 2 is 2.30 bits per heavy atom. The highest BCUT2D eigenvalue weighted by Gasteiger charge is 2.24. The summed E-state index contributed by atoms with van der Waals surface area (Å²) in [5.41, 5.74) is 0. The van der Waals surface area contributed by atoms with Crippen molar-refractivity contribution in [2.45, 2.75) is 26.2 Å². The van der Waals surface area contributed by atoms with Crippen LogP contribution in [0.5, 0.6) is 0 Å². The van der Waals surface area contributed by atoms with E-state index >= 15 is 0 Å². The van der Waals surface area contributed by atoms with Gasteiger partial charge in [-0.2, -0.15) is 0 Å². The average molecular weight is 138 g/mol. The Kier molecular flexibility index (Phi) is 2.25. The van der Waals surface area contributed by atoms with E-state index in [1.165, 1.54) is 12.5 Å². The first-order chi connectivity index (χ1) is 4.74. The second kappa shape index (κ2) is 3.00. The Balaban J connectivity index is 2.44. The van der Waals surface area contributed by atoms with Crippen LogP contribution in [0.2, 0.25) is 0 Å². The third-order valence-corrected chi connectivity index (χ3v) is 2.30. The molecule has 10 heavy (non-hydrogen) atoms. The van der Waals surface area contributed by atoms with Crippen LogP contribution in [0.25, 0.3) is 0 Å². The fraction of sp³-hybridized carbons (Fsp3) is 0.667. The summed E-state index contributed by atoms with van der Waals surface area (Å²) in [7, 11) is 0. The van der Waals surface area contributed by atoms with Crippen molar-refractivity contribution in [2.24, 2.45) is 11.8 Å². The Morgan fingerprint density at radius 3 is 2.70 bits per heavy atom. The molecule has 0 aromatic heterocycles. The fourth-order valence-corrected chi connectivity index (χ4v) is 1.63. The van der Waals surface area contributed by atoms with Gasteiger partial charge in [-0.05, 0) is 31.3 Å². The van der Waals surface area contributed by atoms with Crippen LogP contribution >= 0.6 is 0 Å². The lowest BCUT2D eigenvalue weighted by Gasteiger charge is -2.02. The van der Waals surface area contributed by atoms with Gasteiger partial charge in [0, 0.05) is 5.92 Å². The molecular formula is C9H14O. The maximum atomic E-state index is 11.0. The Hall–Kier alpha value is -0.590. The lowest BCUT2D eigenvalue weighted by atomic mass is 10.0. The van der Waals surface area contributed by atoms with Crippen LogP contribution in [0.3, 0.4) is 0 Å².